The summed E-state index contributed by atoms with van der Waals surface area (Å²) in [5, 5.41) is 0. The van der Waals surface area contributed by atoms with E-state index in [4.69, 9.17) is 0 Å². The molecular weight excluding hydrogens is 348 g/mol. The molecule has 0 unspecified atom stereocenters. The molecule has 0 radical (unpaired) electrons. The van der Waals surface area contributed by atoms with Crippen LogP contribution in [0.4, 0.5) is 0 Å². The van der Waals surface area contributed by atoms with Gasteiger partial charge in [0, 0.05) is 0 Å². The molecule has 0 spiro atoms. The van der Waals surface area contributed by atoms with Crippen molar-refractivity contribution in [3.05, 3.63) is 34.9 Å². The fraction of sp³-hybridized carbons (Fsp3) is 0.793. The smallest absolute Gasteiger partial charge is 0.0274 e. The first-order valence-electron chi connectivity index (χ1n) is 13.3. The molecule has 0 heteroatoms. The first kappa shape index (κ1) is 22.9. The van der Waals surface area contributed by atoms with Gasteiger partial charge in [0.05, 0.1) is 0 Å². The Morgan fingerprint density at radius 2 is 1.07 bits per heavy atom. The molecule has 2 fully saturated rings. The van der Waals surface area contributed by atoms with Gasteiger partial charge in [-0.15, -0.1) is 0 Å². The van der Waals surface area contributed by atoms with E-state index in [2.05, 4.69) is 39.0 Å². The lowest BCUT2D eigenvalue weighted by Crippen LogP contribution is -2.15. The topological polar surface area (TPSA) is 0 Å². The molecule has 0 amide bonds. The van der Waals surface area contributed by atoms with Gasteiger partial charge < -0.3 is 0 Å². The van der Waals surface area contributed by atoms with Crippen LogP contribution in [0.5, 0.6) is 0 Å². The molecule has 1 aromatic carbocycles. The van der Waals surface area contributed by atoms with E-state index in [0.717, 1.165) is 23.7 Å². The summed E-state index contributed by atoms with van der Waals surface area (Å²) in [6.07, 6.45) is 23.1. The van der Waals surface area contributed by atoms with Crippen LogP contribution in [0.3, 0.4) is 0 Å². The quantitative estimate of drug-likeness (QED) is 0.370. The van der Waals surface area contributed by atoms with Crippen LogP contribution >= 0.6 is 0 Å². The van der Waals surface area contributed by atoms with Crippen LogP contribution in [0.15, 0.2) is 18.2 Å². The zero-order valence-electron chi connectivity index (χ0n) is 19.9. The average Bonchev–Trinajstić information content (AvgIpc) is 2.74. The van der Waals surface area contributed by atoms with E-state index in [0.29, 0.717) is 0 Å². The molecule has 1 aromatic rings. The van der Waals surface area contributed by atoms with Crippen molar-refractivity contribution < 1.29 is 0 Å². The Balaban J connectivity index is 1.38. The number of rotatable bonds is 10. The van der Waals surface area contributed by atoms with Crippen molar-refractivity contribution >= 4 is 0 Å². The second-order valence-electron chi connectivity index (χ2n) is 10.7. The monoisotopic (exact) mass is 396 g/mol. The molecular formula is C29H48. The van der Waals surface area contributed by atoms with Crippen molar-refractivity contribution in [3.63, 3.8) is 0 Å². The van der Waals surface area contributed by atoms with Crippen LogP contribution in [0, 0.1) is 30.6 Å². The highest BCUT2D eigenvalue weighted by Gasteiger charge is 2.21. The van der Waals surface area contributed by atoms with Gasteiger partial charge in [-0.25, -0.2) is 0 Å². The highest BCUT2D eigenvalue weighted by atomic mass is 14.3. The van der Waals surface area contributed by atoms with Gasteiger partial charge in [-0.1, -0.05) is 109 Å². The minimum absolute atomic E-state index is 0.991. The van der Waals surface area contributed by atoms with Crippen LogP contribution < -0.4 is 0 Å². The third-order valence-corrected chi connectivity index (χ3v) is 8.40. The van der Waals surface area contributed by atoms with E-state index >= 15 is 0 Å². The Bertz CT molecular complexity index is 570. The van der Waals surface area contributed by atoms with Crippen LogP contribution in [-0.2, 0) is 12.8 Å². The lowest BCUT2D eigenvalue weighted by atomic mass is 9.77. The van der Waals surface area contributed by atoms with Crippen molar-refractivity contribution in [2.45, 2.75) is 124 Å². The molecule has 3 rings (SSSR count). The molecule has 164 valence electrons. The van der Waals surface area contributed by atoms with Crippen molar-refractivity contribution in [3.8, 4) is 0 Å². The summed E-state index contributed by atoms with van der Waals surface area (Å²) >= 11 is 0. The summed E-state index contributed by atoms with van der Waals surface area (Å²) in [6, 6.07) is 7.42. The second-order valence-corrected chi connectivity index (χ2v) is 10.7. The molecule has 2 aliphatic rings. The lowest BCUT2D eigenvalue weighted by molar-refractivity contribution is 0.252. The van der Waals surface area contributed by atoms with Crippen molar-refractivity contribution in [2.24, 2.45) is 23.7 Å². The van der Waals surface area contributed by atoms with Gasteiger partial charge in [0.15, 0.2) is 0 Å². The highest BCUT2D eigenvalue weighted by molar-refractivity contribution is 5.31. The fourth-order valence-corrected chi connectivity index (χ4v) is 6.36. The molecule has 0 saturated heterocycles. The average molecular weight is 397 g/mol. The molecule has 0 N–H and O–H groups in total. The van der Waals surface area contributed by atoms with Crippen LogP contribution in [0.1, 0.15) is 120 Å². The molecule has 0 bridgehead atoms. The van der Waals surface area contributed by atoms with Gasteiger partial charge >= 0.3 is 0 Å². The van der Waals surface area contributed by atoms with E-state index in [1.807, 2.05) is 0 Å². The van der Waals surface area contributed by atoms with Crippen LogP contribution in [0.2, 0.25) is 0 Å². The fourth-order valence-electron chi connectivity index (χ4n) is 6.36. The third kappa shape index (κ3) is 7.45. The Hall–Kier alpha value is -0.780. The molecule has 2 saturated carbocycles. The molecule has 0 heterocycles. The predicted molar refractivity (Wildman–Crippen MR) is 129 cm³/mol. The summed E-state index contributed by atoms with van der Waals surface area (Å²) in [4.78, 5) is 0. The summed E-state index contributed by atoms with van der Waals surface area (Å²) in [6.45, 7) is 7.04. The van der Waals surface area contributed by atoms with Crippen molar-refractivity contribution in [1.29, 1.82) is 0 Å². The molecule has 0 atom stereocenters. The Labute approximate surface area is 182 Å². The number of aryl methyl sites for hydroxylation is 3. The van der Waals surface area contributed by atoms with Crippen LogP contribution in [0.25, 0.3) is 0 Å². The SMILES string of the molecule is CCCC1CCC(CCc2ccc(CCC3CCC(CCC)CC3)c(C)c2)CC1. The van der Waals surface area contributed by atoms with Gasteiger partial charge in [-0.2, -0.15) is 0 Å². The predicted octanol–water partition coefficient (Wildman–Crippen LogP) is 9.07. The zero-order valence-corrected chi connectivity index (χ0v) is 19.9. The molecule has 0 nitrogen and oxygen atoms in total. The Morgan fingerprint density at radius 1 is 0.621 bits per heavy atom. The first-order chi connectivity index (χ1) is 14.2. The van der Waals surface area contributed by atoms with Gasteiger partial charge in [0.1, 0.15) is 0 Å². The minimum atomic E-state index is 0.991. The van der Waals surface area contributed by atoms with Crippen LogP contribution in [-0.4, -0.2) is 0 Å². The van der Waals surface area contributed by atoms with E-state index in [1.165, 1.54) is 103 Å². The standard InChI is InChI=1S/C29H48/c1-4-6-24-8-12-26(13-9-24)16-17-28-19-21-29(23(3)22-28)20-18-27-14-10-25(7-5-2)11-15-27/h19,21-22,24-27H,4-18,20H2,1-3H3. The van der Waals surface area contributed by atoms with Gasteiger partial charge in [-0.05, 0) is 73.0 Å². The summed E-state index contributed by atoms with van der Waals surface area (Å²) in [5.41, 5.74) is 4.75. The lowest BCUT2D eigenvalue weighted by Gasteiger charge is -2.28. The van der Waals surface area contributed by atoms with Gasteiger partial charge in [0.25, 0.3) is 0 Å². The first-order valence-corrected chi connectivity index (χ1v) is 13.3. The third-order valence-electron chi connectivity index (χ3n) is 8.40. The molecule has 0 aliphatic heterocycles. The second kappa shape index (κ2) is 12.2. The van der Waals surface area contributed by atoms with Crippen molar-refractivity contribution in [2.75, 3.05) is 0 Å². The molecule has 29 heavy (non-hydrogen) atoms. The summed E-state index contributed by atoms with van der Waals surface area (Å²) in [5.74, 6) is 4.06. The number of hydrogen-bond donors (Lipinski definition) is 0. The minimum Gasteiger partial charge on any atom is -0.0654 e. The van der Waals surface area contributed by atoms with E-state index < -0.39 is 0 Å². The van der Waals surface area contributed by atoms with E-state index in [9.17, 15) is 0 Å². The van der Waals surface area contributed by atoms with Gasteiger partial charge in [-0.3, -0.25) is 0 Å². The number of hydrogen-bond acceptors (Lipinski definition) is 0. The molecule has 0 aromatic heterocycles. The number of benzene rings is 1. The summed E-state index contributed by atoms with van der Waals surface area (Å²) in [7, 11) is 0. The normalized spacial score (nSPS) is 27.8. The van der Waals surface area contributed by atoms with Gasteiger partial charge in [0.2, 0.25) is 0 Å². The summed E-state index contributed by atoms with van der Waals surface area (Å²) < 4.78 is 0. The van der Waals surface area contributed by atoms with E-state index in [-0.39, 0.29) is 0 Å². The zero-order chi connectivity index (χ0) is 20.5. The maximum atomic E-state index is 2.51. The van der Waals surface area contributed by atoms with Crippen molar-refractivity contribution in [1.82, 2.24) is 0 Å². The largest absolute Gasteiger partial charge is 0.0654 e. The maximum absolute atomic E-state index is 2.51. The Kier molecular flexibility index (Phi) is 9.60. The Morgan fingerprint density at radius 3 is 1.52 bits per heavy atom. The highest BCUT2D eigenvalue weighted by Crippen LogP contribution is 2.35. The van der Waals surface area contributed by atoms with E-state index in [1.54, 1.807) is 16.7 Å². The maximum Gasteiger partial charge on any atom is -0.0274 e. The molecule has 2 aliphatic carbocycles.